The van der Waals surface area contributed by atoms with Gasteiger partial charge in [-0.05, 0) is 96.3 Å². The Morgan fingerprint density at radius 2 is 0.549 bits per heavy atom. The van der Waals surface area contributed by atoms with E-state index in [4.69, 9.17) is 14.2 Å². The summed E-state index contributed by atoms with van der Waals surface area (Å²) in [5.41, 5.74) is 0. The molecule has 6 nitrogen and oxygen atoms in total. The lowest BCUT2D eigenvalue weighted by molar-refractivity contribution is -0.167. The number of carbonyl (C=O) groups is 3. The van der Waals surface area contributed by atoms with Crippen LogP contribution in [0.4, 0.5) is 0 Å². The minimum Gasteiger partial charge on any atom is -0.462 e. The number of rotatable bonds is 53. The van der Waals surface area contributed by atoms with E-state index in [9.17, 15) is 14.4 Å². The van der Waals surface area contributed by atoms with E-state index in [0.717, 1.165) is 116 Å². The van der Waals surface area contributed by atoms with Crippen LogP contribution in [0, 0.1) is 0 Å². The topological polar surface area (TPSA) is 78.9 Å². The van der Waals surface area contributed by atoms with Gasteiger partial charge in [0.05, 0.1) is 0 Å². The van der Waals surface area contributed by atoms with Crippen LogP contribution in [-0.2, 0) is 28.6 Å². The maximum Gasteiger partial charge on any atom is 0.306 e. The summed E-state index contributed by atoms with van der Waals surface area (Å²) in [5, 5.41) is 0. The van der Waals surface area contributed by atoms with E-state index in [0.29, 0.717) is 19.3 Å². The smallest absolute Gasteiger partial charge is 0.306 e. The molecule has 1 atom stereocenters. The van der Waals surface area contributed by atoms with Crippen molar-refractivity contribution in [2.24, 2.45) is 0 Å². The highest BCUT2D eigenvalue weighted by Crippen LogP contribution is 2.16. The van der Waals surface area contributed by atoms with E-state index >= 15 is 0 Å². The zero-order valence-electron chi connectivity index (χ0n) is 46.5. The highest BCUT2D eigenvalue weighted by Gasteiger charge is 2.19. The summed E-state index contributed by atoms with van der Waals surface area (Å²) in [6.07, 6.45) is 78.8. The lowest BCUT2D eigenvalue weighted by atomic mass is 10.0. The highest BCUT2D eigenvalue weighted by molar-refractivity contribution is 5.71. The second-order valence-corrected chi connectivity index (χ2v) is 19.5. The van der Waals surface area contributed by atoms with Crippen LogP contribution in [0.5, 0.6) is 0 Å². The maximum absolute atomic E-state index is 12.8. The van der Waals surface area contributed by atoms with Gasteiger partial charge in [0, 0.05) is 19.3 Å². The van der Waals surface area contributed by atoms with Gasteiger partial charge in [-0.25, -0.2) is 0 Å². The number of allylic oxidation sites excluding steroid dienone is 16. The van der Waals surface area contributed by atoms with Gasteiger partial charge >= 0.3 is 17.9 Å². The van der Waals surface area contributed by atoms with Gasteiger partial charge in [-0.3, -0.25) is 14.4 Å². The van der Waals surface area contributed by atoms with Crippen LogP contribution >= 0.6 is 0 Å². The molecule has 0 aliphatic heterocycles. The van der Waals surface area contributed by atoms with E-state index in [2.05, 4.69) is 118 Å². The lowest BCUT2D eigenvalue weighted by Gasteiger charge is -2.18. The summed E-state index contributed by atoms with van der Waals surface area (Å²) >= 11 is 0. The normalized spacial score (nSPS) is 12.8. The van der Waals surface area contributed by atoms with E-state index in [1.165, 1.54) is 122 Å². The fraction of sp³-hybridized carbons (Fsp3) is 0.708. The molecule has 0 heterocycles. The number of esters is 3. The predicted octanol–water partition coefficient (Wildman–Crippen LogP) is 20.1. The molecule has 0 aromatic heterocycles. The summed E-state index contributed by atoms with van der Waals surface area (Å²) in [6, 6.07) is 0. The number of hydrogen-bond acceptors (Lipinski definition) is 6. The van der Waals surface area contributed by atoms with Gasteiger partial charge in [0.15, 0.2) is 6.10 Å². The number of hydrogen-bond donors (Lipinski definition) is 0. The van der Waals surface area contributed by atoms with Crippen LogP contribution in [0.2, 0.25) is 0 Å². The molecule has 0 radical (unpaired) electrons. The quantitative estimate of drug-likeness (QED) is 0.0261. The number of unbranched alkanes of at least 4 members (excludes halogenated alkanes) is 26. The first kappa shape index (κ1) is 67.3. The molecular weight excluding hydrogens is 877 g/mol. The van der Waals surface area contributed by atoms with Crippen molar-refractivity contribution in [2.45, 2.75) is 284 Å². The zero-order chi connectivity index (χ0) is 51.4. The molecule has 0 amide bonds. The van der Waals surface area contributed by atoms with Crippen LogP contribution in [0.25, 0.3) is 0 Å². The van der Waals surface area contributed by atoms with Crippen LogP contribution in [0.1, 0.15) is 278 Å². The Morgan fingerprint density at radius 1 is 0.296 bits per heavy atom. The largest absolute Gasteiger partial charge is 0.462 e. The maximum atomic E-state index is 12.8. The summed E-state index contributed by atoms with van der Waals surface area (Å²) in [7, 11) is 0. The van der Waals surface area contributed by atoms with Gasteiger partial charge in [0.25, 0.3) is 0 Å². The van der Waals surface area contributed by atoms with Gasteiger partial charge < -0.3 is 14.2 Å². The first-order valence-electron chi connectivity index (χ1n) is 29.7. The summed E-state index contributed by atoms with van der Waals surface area (Å²) in [6.45, 7) is 6.34. The van der Waals surface area contributed by atoms with Gasteiger partial charge in [-0.2, -0.15) is 0 Å². The molecule has 0 aromatic rings. The van der Waals surface area contributed by atoms with Gasteiger partial charge in [0.2, 0.25) is 0 Å². The SMILES string of the molecule is CC/C=C\C/C=C\C/C=C\C/C=C\CCCCCCCCCCCCCCC(=O)OCC(COC(=O)CCCCCCC)OC(=O)CCCCCCCCCCCC/C=C\C/C=C\C/C=C\C/C=C\CC. The molecule has 0 spiro atoms. The van der Waals surface area contributed by atoms with Gasteiger partial charge in [0.1, 0.15) is 13.2 Å². The van der Waals surface area contributed by atoms with Crippen molar-refractivity contribution in [3.63, 3.8) is 0 Å². The molecule has 0 aromatic carbocycles. The van der Waals surface area contributed by atoms with Crippen molar-refractivity contribution in [3.8, 4) is 0 Å². The molecule has 0 saturated carbocycles. The molecule has 0 aliphatic carbocycles. The molecule has 0 bridgehead atoms. The van der Waals surface area contributed by atoms with Crippen molar-refractivity contribution in [2.75, 3.05) is 13.2 Å². The van der Waals surface area contributed by atoms with Crippen molar-refractivity contribution >= 4 is 17.9 Å². The second kappa shape index (κ2) is 58.9. The third kappa shape index (κ3) is 57.1. The van der Waals surface area contributed by atoms with Crippen molar-refractivity contribution in [1.82, 2.24) is 0 Å². The van der Waals surface area contributed by atoms with Crippen LogP contribution in [-0.4, -0.2) is 37.2 Å². The Balaban J connectivity index is 4.08. The molecule has 406 valence electrons. The molecular formula is C65H110O6. The van der Waals surface area contributed by atoms with Gasteiger partial charge in [-0.15, -0.1) is 0 Å². The summed E-state index contributed by atoms with van der Waals surface area (Å²) in [5.74, 6) is -0.895. The van der Waals surface area contributed by atoms with Crippen molar-refractivity contribution in [3.05, 3.63) is 97.2 Å². The monoisotopic (exact) mass is 987 g/mol. The van der Waals surface area contributed by atoms with Crippen LogP contribution in [0.3, 0.4) is 0 Å². The molecule has 0 aliphatic rings. The Hall–Kier alpha value is -3.67. The molecule has 0 rings (SSSR count). The Kier molecular flexibility index (Phi) is 55.9. The molecule has 0 saturated heterocycles. The first-order chi connectivity index (χ1) is 35.0. The molecule has 6 heteroatoms. The average Bonchev–Trinajstić information content (AvgIpc) is 3.37. The number of ether oxygens (including phenoxy) is 3. The minimum atomic E-state index is -0.777. The predicted molar refractivity (Wildman–Crippen MR) is 307 cm³/mol. The van der Waals surface area contributed by atoms with E-state index in [1.807, 2.05) is 0 Å². The van der Waals surface area contributed by atoms with Crippen molar-refractivity contribution < 1.29 is 28.6 Å². The Labute approximate surface area is 438 Å². The summed E-state index contributed by atoms with van der Waals surface area (Å²) < 4.78 is 16.7. The molecule has 0 fully saturated rings. The minimum absolute atomic E-state index is 0.0793. The zero-order valence-corrected chi connectivity index (χ0v) is 46.5. The fourth-order valence-corrected chi connectivity index (χ4v) is 8.19. The Bertz CT molecular complexity index is 1410. The van der Waals surface area contributed by atoms with E-state index < -0.39 is 6.10 Å². The standard InChI is InChI=1S/C65H110O6/c1-4-7-10-13-15-17-19-21-23-25-27-29-31-32-34-35-37-39-41-43-45-47-49-52-55-58-64(67)70-61-62(60-69-63(66)57-54-51-12-9-6-3)71-65(68)59-56-53-50-48-46-44-42-40-38-36-33-30-28-26-24-22-20-18-16-14-11-8-5-2/h7-8,10-11,15-18,21-24,27-30,62H,4-6,9,12-14,19-20,25-26,31-61H2,1-3H3/b10-7-,11-8-,17-15-,18-16-,23-21-,24-22-,29-27-,30-28-. The van der Waals surface area contributed by atoms with E-state index in [1.54, 1.807) is 0 Å². The van der Waals surface area contributed by atoms with Crippen molar-refractivity contribution in [1.29, 1.82) is 0 Å². The lowest BCUT2D eigenvalue weighted by Crippen LogP contribution is -2.30. The summed E-state index contributed by atoms with van der Waals surface area (Å²) in [4.78, 5) is 37.9. The molecule has 1 unspecified atom stereocenters. The second-order valence-electron chi connectivity index (χ2n) is 19.5. The Morgan fingerprint density at radius 3 is 0.859 bits per heavy atom. The first-order valence-corrected chi connectivity index (χ1v) is 29.7. The third-order valence-electron chi connectivity index (χ3n) is 12.6. The van der Waals surface area contributed by atoms with Crippen LogP contribution < -0.4 is 0 Å². The molecule has 71 heavy (non-hydrogen) atoms. The molecule has 0 N–H and O–H groups in total. The highest BCUT2D eigenvalue weighted by atomic mass is 16.6. The van der Waals surface area contributed by atoms with Crippen LogP contribution in [0.15, 0.2) is 97.2 Å². The van der Waals surface area contributed by atoms with Gasteiger partial charge in [-0.1, -0.05) is 259 Å². The third-order valence-corrected chi connectivity index (χ3v) is 12.6. The fourth-order valence-electron chi connectivity index (χ4n) is 8.19. The number of carbonyl (C=O) groups excluding carboxylic acids is 3. The van der Waals surface area contributed by atoms with E-state index in [-0.39, 0.29) is 31.1 Å². The average molecular weight is 988 g/mol.